The molecule has 168 valence electrons. The van der Waals surface area contributed by atoms with Crippen molar-refractivity contribution in [2.24, 2.45) is 0 Å². The van der Waals surface area contributed by atoms with Crippen molar-refractivity contribution in [1.82, 2.24) is 9.97 Å². The van der Waals surface area contributed by atoms with Crippen LogP contribution >= 0.6 is 11.6 Å². The van der Waals surface area contributed by atoms with Crippen LogP contribution in [0, 0.1) is 6.92 Å². The number of anilines is 4. The van der Waals surface area contributed by atoms with Gasteiger partial charge in [0.15, 0.2) is 0 Å². The lowest BCUT2D eigenvalue weighted by Crippen LogP contribution is -2.36. The molecule has 1 saturated heterocycles. The molecular weight excluding hydrogens is 450 g/mol. The van der Waals surface area contributed by atoms with Crippen LogP contribution in [0.1, 0.15) is 11.4 Å². The molecule has 4 rings (SSSR count). The van der Waals surface area contributed by atoms with Gasteiger partial charge < -0.3 is 15.0 Å². The van der Waals surface area contributed by atoms with E-state index in [-0.39, 0.29) is 5.75 Å². The van der Waals surface area contributed by atoms with E-state index < -0.39 is 10.0 Å². The lowest BCUT2D eigenvalue weighted by molar-refractivity contribution is 0.122. The van der Waals surface area contributed by atoms with Crippen LogP contribution in [0.5, 0.6) is 0 Å². The molecule has 10 heteroatoms. The predicted octanol–water partition coefficient (Wildman–Crippen LogP) is 3.96. The number of halogens is 1. The summed E-state index contributed by atoms with van der Waals surface area (Å²) in [4.78, 5) is 11.2. The number of morpholine rings is 1. The summed E-state index contributed by atoms with van der Waals surface area (Å²) >= 11 is 5.86. The number of nitrogens with one attached hydrogen (secondary N) is 2. The topological polar surface area (TPSA) is 96.5 Å². The van der Waals surface area contributed by atoms with Gasteiger partial charge in [-0.2, -0.15) is 0 Å². The first kappa shape index (κ1) is 22.3. The van der Waals surface area contributed by atoms with Crippen LogP contribution in [-0.4, -0.2) is 44.7 Å². The molecule has 0 aliphatic carbocycles. The molecule has 0 amide bonds. The van der Waals surface area contributed by atoms with Crippen LogP contribution in [0.25, 0.3) is 0 Å². The molecule has 0 atom stereocenters. The van der Waals surface area contributed by atoms with Gasteiger partial charge in [-0.3, -0.25) is 4.72 Å². The summed E-state index contributed by atoms with van der Waals surface area (Å²) in [6.07, 6.45) is 0. The molecule has 0 bridgehead atoms. The molecule has 2 N–H and O–H groups in total. The molecule has 8 nitrogen and oxygen atoms in total. The monoisotopic (exact) mass is 473 g/mol. The third kappa shape index (κ3) is 6.09. The van der Waals surface area contributed by atoms with Crippen molar-refractivity contribution in [3.05, 3.63) is 71.0 Å². The van der Waals surface area contributed by atoms with Crippen LogP contribution in [-0.2, 0) is 20.5 Å². The fraction of sp³-hybridized carbons (Fsp3) is 0.273. The molecule has 0 radical (unpaired) electrons. The predicted molar refractivity (Wildman–Crippen MR) is 127 cm³/mol. The maximum absolute atomic E-state index is 12.5. The number of sulfonamides is 1. The second kappa shape index (κ2) is 9.72. The number of hydrogen-bond acceptors (Lipinski definition) is 7. The van der Waals surface area contributed by atoms with E-state index in [0.717, 1.165) is 24.6 Å². The SMILES string of the molecule is Cc1nc(Nc2ccc(NS(=O)(=O)Cc3ccc(Cl)cc3)cc2)cc(N2CCOCC2)n1. The third-order valence-electron chi connectivity index (χ3n) is 4.86. The summed E-state index contributed by atoms with van der Waals surface area (Å²) < 4.78 is 32.9. The Morgan fingerprint density at radius 2 is 1.66 bits per heavy atom. The lowest BCUT2D eigenvalue weighted by atomic mass is 10.2. The van der Waals surface area contributed by atoms with Crippen molar-refractivity contribution in [2.75, 3.05) is 41.2 Å². The van der Waals surface area contributed by atoms with Crippen LogP contribution in [0.2, 0.25) is 5.02 Å². The summed E-state index contributed by atoms with van der Waals surface area (Å²) in [5.41, 5.74) is 1.93. The molecule has 1 aliphatic heterocycles. The number of benzene rings is 2. The first-order chi connectivity index (χ1) is 15.4. The first-order valence-corrected chi connectivity index (χ1v) is 12.2. The fourth-order valence-corrected chi connectivity index (χ4v) is 4.68. The van der Waals surface area contributed by atoms with Gasteiger partial charge in [0.2, 0.25) is 10.0 Å². The highest BCUT2D eigenvalue weighted by Gasteiger charge is 2.15. The number of aromatic nitrogens is 2. The van der Waals surface area contributed by atoms with Gasteiger partial charge >= 0.3 is 0 Å². The summed E-state index contributed by atoms with van der Waals surface area (Å²) in [5.74, 6) is 2.07. The summed E-state index contributed by atoms with van der Waals surface area (Å²) in [5, 5.41) is 3.83. The average Bonchev–Trinajstić information content (AvgIpc) is 2.77. The number of nitrogens with zero attached hydrogens (tertiary/aromatic N) is 3. The summed E-state index contributed by atoms with van der Waals surface area (Å²) in [7, 11) is -3.55. The van der Waals surface area contributed by atoms with Crippen LogP contribution < -0.4 is 14.9 Å². The second-order valence-electron chi connectivity index (χ2n) is 7.45. The Kier molecular flexibility index (Phi) is 6.78. The van der Waals surface area contributed by atoms with E-state index in [1.54, 1.807) is 48.5 Å². The van der Waals surface area contributed by atoms with Gasteiger partial charge in [0.25, 0.3) is 0 Å². The van der Waals surface area contributed by atoms with Gasteiger partial charge in [0.1, 0.15) is 17.5 Å². The van der Waals surface area contributed by atoms with E-state index in [0.29, 0.717) is 41.1 Å². The quantitative estimate of drug-likeness (QED) is 0.536. The van der Waals surface area contributed by atoms with E-state index in [1.807, 2.05) is 13.0 Å². The standard InChI is InChI=1S/C22H24ClN5O3S/c1-16-24-21(14-22(25-16)28-10-12-31-13-11-28)26-19-6-8-20(9-7-19)27-32(29,30)15-17-2-4-18(23)5-3-17/h2-9,14,27H,10-13,15H2,1H3,(H,24,25,26). The van der Waals surface area contributed by atoms with Crippen molar-refractivity contribution in [3.63, 3.8) is 0 Å². The van der Waals surface area contributed by atoms with Crippen molar-refractivity contribution in [1.29, 1.82) is 0 Å². The zero-order valence-corrected chi connectivity index (χ0v) is 19.2. The average molecular weight is 474 g/mol. The van der Waals surface area contributed by atoms with E-state index in [9.17, 15) is 8.42 Å². The Hall–Kier alpha value is -2.88. The number of rotatable bonds is 7. The molecule has 1 fully saturated rings. The zero-order chi connectivity index (χ0) is 22.6. The number of aryl methyl sites for hydroxylation is 1. The molecule has 2 heterocycles. The van der Waals surface area contributed by atoms with Crippen molar-refractivity contribution < 1.29 is 13.2 Å². The van der Waals surface area contributed by atoms with Crippen molar-refractivity contribution in [3.8, 4) is 0 Å². The number of ether oxygens (including phenoxy) is 1. The zero-order valence-electron chi connectivity index (χ0n) is 17.6. The second-order valence-corrected chi connectivity index (χ2v) is 9.61. The smallest absolute Gasteiger partial charge is 0.236 e. The molecule has 0 unspecified atom stereocenters. The Labute approximate surface area is 192 Å². The largest absolute Gasteiger partial charge is 0.378 e. The maximum Gasteiger partial charge on any atom is 0.236 e. The molecule has 3 aromatic rings. The molecule has 1 aliphatic rings. The van der Waals surface area contributed by atoms with Crippen LogP contribution in [0.4, 0.5) is 23.0 Å². The minimum atomic E-state index is -3.55. The highest BCUT2D eigenvalue weighted by atomic mass is 35.5. The minimum Gasteiger partial charge on any atom is -0.378 e. The van der Waals surface area contributed by atoms with E-state index in [4.69, 9.17) is 16.3 Å². The van der Waals surface area contributed by atoms with Crippen molar-refractivity contribution >= 4 is 44.6 Å². The molecular formula is C22H24ClN5O3S. The van der Waals surface area contributed by atoms with Gasteiger partial charge in [-0.15, -0.1) is 0 Å². The van der Waals surface area contributed by atoms with Crippen LogP contribution in [0.3, 0.4) is 0 Å². The molecule has 0 saturated carbocycles. The van der Waals surface area contributed by atoms with E-state index in [1.165, 1.54) is 0 Å². The Balaban J connectivity index is 1.41. The molecule has 2 aromatic carbocycles. The van der Waals surface area contributed by atoms with E-state index in [2.05, 4.69) is 24.9 Å². The molecule has 32 heavy (non-hydrogen) atoms. The first-order valence-electron chi connectivity index (χ1n) is 10.2. The van der Waals surface area contributed by atoms with Crippen molar-refractivity contribution in [2.45, 2.75) is 12.7 Å². The lowest BCUT2D eigenvalue weighted by Gasteiger charge is -2.28. The Morgan fingerprint density at radius 3 is 2.34 bits per heavy atom. The molecule has 1 aromatic heterocycles. The normalized spacial score (nSPS) is 14.2. The summed E-state index contributed by atoms with van der Waals surface area (Å²) in [6, 6.07) is 15.7. The Morgan fingerprint density at radius 1 is 1.00 bits per heavy atom. The molecule has 0 spiro atoms. The summed E-state index contributed by atoms with van der Waals surface area (Å²) in [6.45, 7) is 4.80. The van der Waals surface area contributed by atoms with Gasteiger partial charge in [0, 0.05) is 35.6 Å². The van der Waals surface area contributed by atoms with Gasteiger partial charge in [-0.05, 0) is 48.9 Å². The van der Waals surface area contributed by atoms with Crippen LogP contribution in [0.15, 0.2) is 54.6 Å². The highest BCUT2D eigenvalue weighted by Crippen LogP contribution is 2.23. The van der Waals surface area contributed by atoms with Gasteiger partial charge in [0.05, 0.1) is 19.0 Å². The Bertz CT molecular complexity index is 1170. The number of hydrogen-bond donors (Lipinski definition) is 2. The van der Waals surface area contributed by atoms with E-state index >= 15 is 0 Å². The van der Waals surface area contributed by atoms with Gasteiger partial charge in [-0.1, -0.05) is 23.7 Å². The minimum absolute atomic E-state index is 0.130. The fourth-order valence-electron chi connectivity index (χ4n) is 3.36. The van der Waals surface area contributed by atoms with Gasteiger partial charge in [-0.25, -0.2) is 18.4 Å². The highest BCUT2D eigenvalue weighted by molar-refractivity contribution is 7.91. The maximum atomic E-state index is 12.5. The third-order valence-corrected chi connectivity index (χ3v) is 6.37.